The van der Waals surface area contributed by atoms with Crippen LogP contribution in [0.2, 0.25) is 0 Å². The normalized spacial score (nSPS) is 19.4. The van der Waals surface area contributed by atoms with E-state index in [0.717, 1.165) is 31.0 Å². The highest BCUT2D eigenvalue weighted by Gasteiger charge is 2.22. The van der Waals surface area contributed by atoms with Gasteiger partial charge >= 0.3 is 0 Å². The lowest BCUT2D eigenvalue weighted by molar-refractivity contribution is 0.131. The van der Waals surface area contributed by atoms with E-state index in [0.29, 0.717) is 25.2 Å². The van der Waals surface area contributed by atoms with Crippen molar-refractivity contribution in [3.63, 3.8) is 0 Å². The average molecular weight is 251 g/mol. The Kier molecular flexibility index (Phi) is 4.33. The topological polar surface area (TPSA) is 76.3 Å². The maximum Gasteiger partial charge on any atom is 0.222 e. The number of nitrogens with zero attached hydrogens (tertiary/aromatic N) is 3. The second-order valence-corrected chi connectivity index (χ2v) is 4.43. The van der Waals surface area contributed by atoms with Crippen molar-refractivity contribution in [1.82, 2.24) is 15.3 Å². The lowest BCUT2D eigenvalue weighted by Crippen LogP contribution is -2.30. The number of hydrogen-bond donors (Lipinski definition) is 2. The zero-order valence-corrected chi connectivity index (χ0v) is 11.0. The van der Waals surface area contributed by atoms with E-state index in [-0.39, 0.29) is 0 Å². The van der Waals surface area contributed by atoms with Crippen LogP contribution in [0.3, 0.4) is 0 Å². The predicted octanol–water partition coefficient (Wildman–Crippen LogP) is 0.393. The molecule has 1 atom stereocenters. The lowest BCUT2D eigenvalue weighted by Gasteiger charge is -2.18. The summed E-state index contributed by atoms with van der Waals surface area (Å²) in [6.07, 6.45) is 1.13. The van der Waals surface area contributed by atoms with E-state index >= 15 is 0 Å². The molecule has 3 N–H and O–H groups in total. The molecule has 18 heavy (non-hydrogen) atoms. The van der Waals surface area contributed by atoms with E-state index in [2.05, 4.69) is 20.2 Å². The van der Waals surface area contributed by atoms with Crippen LogP contribution in [0.15, 0.2) is 6.07 Å². The van der Waals surface area contributed by atoms with E-state index in [1.807, 2.05) is 20.0 Å². The minimum Gasteiger partial charge on any atom is -0.375 e. The molecule has 0 unspecified atom stereocenters. The number of nitrogen functional groups attached to an aromatic ring is 1. The monoisotopic (exact) mass is 251 g/mol. The number of anilines is 2. The van der Waals surface area contributed by atoms with Crippen LogP contribution < -0.4 is 16.0 Å². The Hall–Kier alpha value is -1.40. The summed E-state index contributed by atoms with van der Waals surface area (Å²) in [6.45, 7) is 5.07. The van der Waals surface area contributed by atoms with Gasteiger partial charge in [0, 0.05) is 31.8 Å². The molecule has 1 saturated heterocycles. The maximum absolute atomic E-state index is 5.75. The summed E-state index contributed by atoms with van der Waals surface area (Å²) in [5.41, 5.74) is 6.59. The van der Waals surface area contributed by atoms with Crippen molar-refractivity contribution < 1.29 is 4.74 Å². The highest BCUT2D eigenvalue weighted by atomic mass is 16.5. The first-order valence-corrected chi connectivity index (χ1v) is 6.36. The molecular weight excluding hydrogens is 230 g/mol. The Morgan fingerprint density at radius 3 is 3.06 bits per heavy atom. The van der Waals surface area contributed by atoms with Gasteiger partial charge < -0.3 is 20.7 Å². The Balaban J connectivity index is 2.10. The first kappa shape index (κ1) is 13.0. The van der Waals surface area contributed by atoms with Gasteiger partial charge in [-0.15, -0.1) is 0 Å². The number of rotatable bonds is 5. The van der Waals surface area contributed by atoms with Gasteiger partial charge in [-0.2, -0.15) is 4.98 Å². The van der Waals surface area contributed by atoms with Gasteiger partial charge in [0.15, 0.2) is 0 Å². The minimum absolute atomic E-state index is 0.315. The summed E-state index contributed by atoms with van der Waals surface area (Å²) in [5, 5.41) is 3.29. The molecule has 1 aliphatic rings. The fraction of sp³-hybridized carbons (Fsp3) is 0.667. The van der Waals surface area contributed by atoms with Gasteiger partial charge in [-0.3, -0.25) is 0 Å². The summed E-state index contributed by atoms with van der Waals surface area (Å²) in [4.78, 5) is 10.7. The summed E-state index contributed by atoms with van der Waals surface area (Å²) in [5.74, 6) is 1.21. The summed E-state index contributed by atoms with van der Waals surface area (Å²) in [7, 11) is 1.99. The molecule has 1 aromatic rings. The van der Waals surface area contributed by atoms with Crippen molar-refractivity contribution in [2.75, 3.05) is 37.4 Å². The van der Waals surface area contributed by atoms with Crippen molar-refractivity contribution in [3.05, 3.63) is 11.8 Å². The molecule has 2 heterocycles. The second-order valence-electron chi connectivity index (χ2n) is 4.43. The molecular formula is C12H21N5O. The predicted molar refractivity (Wildman–Crippen MR) is 71.5 cm³/mol. The Labute approximate surface area is 108 Å². The van der Waals surface area contributed by atoms with Gasteiger partial charge in [0.25, 0.3) is 0 Å². The Morgan fingerprint density at radius 2 is 2.39 bits per heavy atom. The number of likely N-dealkylation sites (N-methyl/N-ethyl adjacent to an activating group) is 1. The molecule has 6 nitrogen and oxygen atoms in total. The standard InChI is InChI=1S/C12H21N5O/c1-3-18-8-10-6-11(16-12(13)15-10)17-5-4-9(7-17)14-2/h6,9,14H,3-5,7-8H2,1-2H3,(H2,13,15,16)/t9-/m1/s1. The fourth-order valence-electron chi connectivity index (χ4n) is 2.15. The van der Waals surface area contributed by atoms with Crippen molar-refractivity contribution >= 4 is 11.8 Å². The third-order valence-electron chi connectivity index (χ3n) is 3.16. The van der Waals surface area contributed by atoms with Crippen molar-refractivity contribution in [3.8, 4) is 0 Å². The first-order valence-electron chi connectivity index (χ1n) is 6.36. The van der Waals surface area contributed by atoms with Crippen molar-refractivity contribution in [1.29, 1.82) is 0 Å². The van der Waals surface area contributed by atoms with Crippen LogP contribution in [0, 0.1) is 0 Å². The lowest BCUT2D eigenvalue weighted by atomic mass is 10.3. The third kappa shape index (κ3) is 3.08. The molecule has 0 bridgehead atoms. The van der Waals surface area contributed by atoms with Crippen LogP contribution in [-0.4, -0.2) is 42.8 Å². The molecule has 0 radical (unpaired) electrons. The molecule has 6 heteroatoms. The average Bonchev–Trinajstić information content (AvgIpc) is 2.84. The number of nitrogens with two attached hydrogens (primary N) is 1. The van der Waals surface area contributed by atoms with Gasteiger partial charge in [-0.05, 0) is 20.4 Å². The van der Waals surface area contributed by atoms with E-state index in [1.54, 1.807) is 0 Å². The SMILES string of the molecule is CCOCc1cc(N2CC[C@@H](NC)C2)nc(N)n1. The fourth-order valence-corrected chi connectivity index (χ4v) is 2.15. The molecule has 0 saturated carbocycles. The van der Waals surface area contributed by atoms with Gasteiger partial charge in [0.2, 0.25) is 5.95 Å². The molecule has 2 rings (SSSR count). The number of nitrogens with one attached hydrogen (secondary N) is 1. The second kappa shape index (κ2) is 5.97. The van der Waals surface area contributed by atoms with Gasteiger partial charge in [-0.25, -0.2) is 4.98 Å². The number of ether oxygens (including phenoxy) is 1. The van der Waals surface area contributed by atoms with Gasteiger partial charge in [-0.1, -0.05) is 0 Å². The van der Waals surface area contributed by atoms with E-state index in [4.69, 9.17) is 10.5 Å². The van der Waals surface area contributed by atoms with Gasteiger partial charge in [0.1, 0.15) is 5.82 Å². The molecule has 1 fully saturated rings. The summed E-state index contributed by atoms with van der Waals surface area (Å²) >= 11 is 0. The molecule has 0 aliphatic carbocycles. The van der Waals surface area contributed by atoms with Crippen LogP contribution in [-0.2, 0) is 11.3 Å². The van der Waals surface area contributed by atoms with Crippen LogP contribution >= 0.6 is 0 Å². The largest absolute Gasteiger partial charge is 0.375 e. The zero-order valence-electron chi connectivity index (χ0n) is 11.0. The van der Waals surface area contributed by atoms with E-state index < -0.39 is 0 Å². The van der Waals surface area contributed by atoms with Gasteiger partial charge in [0.05, 0.1) is 12.3 Å². The minimum atomic E-state index is 0.315. The molecule has 1 aromatic heterocycles. The molecule has 0 aromatic carbocycles. The number of hydrogen-bond acceptors (Lipinski definition) is 6. The summed E-state index contributed by atoms with van der Waals surface area (Å²) < 4.78 is 5.36. The molecule has 0 spiro atoms. The van der Waals surface area contributed by atoms with E-state index in [1.165, 1.54) is 0 Å². The van der Waals surface area contributed by atoms with Crippen LogP contribution in [0.1, 0.15) is 19.0 Å². The van der Waals surface area contributed by atoms with Crippen molar-refractivity contribution in [2.45, 2.75) is 26.0 Å². The molecule has 1 aliphatic heterocycles. The smallest absolute Gasteiger partial charge is 0.222 e. The Bertz CT molecular complexity index is 398. The highest BCUT2D eigenvalue weighted by molar-refractivity contribution is 5.44. The summed E-state index contributed by atoms with van der Waals surface area (Å²) in [6, 6.07) is 2.49. The zero-order chi connectivity index (χ0) is 13.0. The first-order chi connectivity index (χ1) is 8.72. The number of aromatic nitrogens is 2. The maximum atomic E-state index is 5.75. The third-order valence-corrected chi connectivity index (χ3v) is 3.16. The van der Waals surface area contributed by atoms with Crippen LogP contribution in [0.25, 0.3) is 0 Å². The van der Waals surface area contributed by atoms with Crippen molar-refractivity contribution in [2.24, 2.45) is 0 Å². The highest BCUT2D eigenvalue weighted by Crippen LogP contribution is 2.19. The Morgan fingerprint density at radius 1 is 1.56 bits per heavy atom. The van der Waals surface area contributed by atoms with Crippen LogP contribution in [0.4, 0.5) is 11.8 Å². The molecule has 0 amide bonds. The van der Waals surface area contributed by atoms with E-state index in [9.17, 15) is 0 Å². The quantitative estimate of drug-likeness (QED) is 0.788. The van der Waals surface area contributed by atoms with Crippen LogP contribution in [0.5, 0.6) is 0 Å². The molecule has 100 valence electrons.